The molecule has 3 aromatic rings. The maximum Gasteiger partial charge on any atom is 0.330 e. The molecule has 3 rings (SSSR count). The molecule has 0 radical (unpaired) electrons. The SMILES string of the molecule is O=C(C=Cc1ccccc1)OCCSCCOC(=O)C=Cc1ccccc1.Oc1ccccc1. The monoisotopic (exact) mass is 476 g/mol. The fraction of sp³-hybridized carbons (Fsp3) is 0.143. The van der Waals surface area contributed by atoms with E-state index in [1.807, 2.05) is 66.7 Å². The zero-order chi connectivity index (χ0) is 24.3. The molecule has 0 aliphatic heterocycles. The number of phenolic OH excluding ortho intramolecular Hbond substituents is 1. The van der Waals surface area contributed by atoms with Crippen molar-refractivity contribution in [3.8, 4) is 5.75 Å². The van der Waals surface area contributed by atoms with Crippen LogP contribution in [-0.4, -0.2) is 41.8 Å². The van der Waals surface area contributed by atoms with Crippen molar-refractivity contribution in [2.24, 2.45) is 0 Å². The van der Waals surface area contributed by atoms with Crippen LogP contribution in [0.25, 0.3) is 12.2 Å². The smallest absolute Gasteiger partial charge is 0.330 e. The van der Waals surface area contributed by atoms with Crippen molar-refractivity contribution in [2.45, 2.75) is 0 Å². The zero-order valence-corrected chi connectivity index (χ0v) is 19.6. The Hall–Kier alpha value is -3.77. The van der Waals surface area contributed by atoms with E-state index >= 15 is 0 Å². The van der Waals surface area contributed by atoms with E-state index in [1.165, 1.54) is 12.2 Å². The Bertz CT molecular complexity index is 953. The molecule has 0 saturated heterocycles. The van der Waals surface area contributed by atoms with E-state index < -0.39 is 0 Å². The molecule has 0 aromatic heterocycles. The quantitative estimate of drug-likeness (QED) is 0.232. The first-order chi connectivity index (χ1) is 16.6. The summed E-state index contributed by atoms with van der Waals surface area (Å²) in [7, 11) is 0. The second kappa shape index (κ2) is 16.8. The number of ether oxygens (including phenoxy) is 2. The number of hydrogen-bond donors (Lipinski definition) is 1. The van der Waals surface area contributed by atoms with Gasteiger partial charge in [0.2, 0.25) is 0 Å². The number of benzene rings is 3. The number of rotatable bonds is 10. The van der Waals surface area contributed by atoms with Crippen LogP contribution in [-0.2, 0) is 19.1 Å². The molecule has 0 saturated carbocycles. The summed E-state index contributed by atoms with van der Waals surface area (Å²) in [5.74, 6) is 0.904. The fourth-order valence-corrected chi connectivity index (χ4v) is 3.09. The van der Waals surface area contributed by atoms with E-state index in [0.717, 1.165) is 11.1 Å². The van der Waals surface area contributed by atoms with Crippen LogP contribution < -0.4 is 0 Å². The Kier molecular flexibility index (Phi) is 13.1. The summed E-state index contributed by atoms with van der Waals surface area (Å²) in [6.07, 6.45) is 6.28. The molecule has 0 atom stereocenters. The van der Waals surface area contributed by atoms with Gasteiger partial charge in [0.15, 0.2) is 0 Å². The summed E-state index contributed by atoms with van der Waals surface area (Å²) in [4.78, 5) is 23.2. The first kappa shape index (κ1) is 26.5. The van der Waals surface area contributed by atoms with Crippen LogP contribution in [0.2, 0.25) is 0 Å². The molecule has 34 heavy (non-hydrogen) atoms. The van der Waals surface area contributed by atoms with Gasteiger partial charge in [-0.15, -0.1) is 0 Å². The molecule has 6 heteroatoms. The fourth-order valence-electron chi connectivity index (χ4n) is 2.49. The number of phenols is 1. The van der Waals surface area contributed by atoms with E-state index in [2.05, 4.69) is 0 Å². The van der Waals surface area contributed by atoms with Gasteiger partial charge in [0.1, 0.15) is 19.0 Å². The van der Waals surface area contributed by atoms with E-state index in [9.17, 15) is 9.59 Å². The Labute approximate surface area is 204 Å². The van der Waals surface area contributed by atoms with Crippen LogP contribution in [0.5, 0.6) is 5.75 Å². The number of carbonyl (C=O) groups is 2. The topological polar surface area (TPSA) is 72.8 Å². The molecule has 0 heterocycles. The third-order valence-electron chi connectivity index (χ3n) is 4.12. The van der Waals surface area contributed by atoms with Gasteiger partial charge in [0, 0.05) is 23.7 Å². The summed E-state index contributed by atoms with van der Waals surface area (Å²) < 4.78 is 10.2. The van der Waals surface area contributed by atoms with Gasteiger partial charge in [-0.25, -0.2) is 9.59 Å². The highest BCUT2D eigenvalue weighted by molar-refractivity contribution is 7.99. The maximum absolute atomic E-state index is 11.6. The molecule has 0 aliphatic rings. The third kappa shape index (κ3) is 12.9. The maximum atomic E-state index is 11.6. The van der Waals surface area contributed by atoms with E-state index in [-0.39, 0.29) is 11.9 Å². The van der Waals surface area contributed by atoms with E-state index in [0.29, 0.717) is 30.5 Å². The largest absolute Gasteiger partial charge is 0.508 e. The highest BCUT2D eigenvalue weighted by atomic mass is 32.2. The van der Waals surface area contributed by atoms with E-state index in [1.54, 1.807) is 48.2 Å². The molecule has 0 bridgehead atoms. The van der Waals surface area contributed by atoms with Gasteiger partial charge >= 0.3 is 11.9 Å². The van der Waals surface area contributed by atoms with Crippen LogP contribution >= 0.6 is 11.8 Å². The molecule has 1 N–H and O–H groups in total. The molecule has 0 fully saturated rings. The van der Waals surface area contributed by atoms with Crippen molar-refractivity contribution in [1.82, 2.24) is 0 Å². The minimum atomic E-state index is -0.364. The molecule has 3 aromatic carbocycles. The minimum Gasteiger partial charge on any atom is -0.508 e. The lowest BCUT2D eigenvalue weighted by Crippen LogP contribution is -2.07. The molecule has 176 valence electrons. The Morgan fingerprint density at radius 1 is 0.647 bits per heavy atom. The molecule has 5 nitrogen and oxygen atoms in total. The lowest BCUT2D eigenvalue weighted by Gasteiger charge is -2.03. The second-order valence-electron chi connectivity index (χ2n) is 6.77. The molecule has 0 unspecified atom stereocenters. The van der Waals surface area contributed by atoms with Gasteiger partial charge in [-0.1, -0.05) is 78.9 Å². The van der Waals surface area contributed by atoms with Crippen LogP contribution in [0.15, 0.2) is 103 Å². The van der Waals surface area contributed by atoms with Crippen LogP contribution in [0, 0.1) is 0 Å². The Morgan fingerprint density at radius 3 is 1.38 bits per heavy atom. The Balaban J connectivity index is 0.000000497. The average Bonchev–Trinajstić information content (AvgIpc) is 2.88. The molecule has 0 spiro atoms. The van der Waals surface area contributed by atoms with Crippen molar-refractivity contribution < 1.29 is 24.2 Å². The summed E-state index contributed by atoms with van der Waals surface area (Å²) in [6.45, 7) is 0.648. The predicted molar refractivity (Wildman–Crippen MR) is 138 cm³/mol. The number of aromatic hydroxyl groups is 1. The van der Waals surface area contributed by atoms with Crippen molar-refractivity contribution in [3.63, 3.8) is 0 Å². The van der Waals surface area contributed by atoms with Crippen molar-refractivity contribution >= 4 is 35.9 Å². The highest BCUT2D eigenvalue weighted by Crippen LogP contribution is 2.04. The van der Waals surface area contributed by atoms with Crippen molar-refractivity contribution in [3.05, 3.63) is 114 Å². The van der Waals surface area contributed by atoms with Gasteiger partial charge in [0.25, 0.3) is 0 Å². The zero-order valence-electron chi connectivity index (χ0n) is 18.8. The number of para-hydroxylation sites is 1. The van der Waals surface area contributed by atoms with Gasteiger partial charge in [-0.3, -0.25) is 0 Å². The predicted octanol–water partition coefficient (Wildman–Crippen LogP) is 5.63. The molecule has 0 aliphatic carbocycles. The van der Waals surface area contributed by atoms with Gasteiger partial charge in [-0.2, -0.15) is 11.8 Å². The van der Waals surface area contributed by atoms with Gasteiger partial charge in [0.05, 0.1) is 0 Å². The number of esters is 2. The molecular weight excluding hydrogens is 448 g/mol. The number of hydrogen-bond acceptors (Lipinski definition) is 6. The first-order valence-electron chi connectivity index (χ1n) is 10.7. The van der Waals surface area contributed by atoms with Crippen molar-refractivity contribution in [2.75, 3.05) is 24.7 Å². The highest BCUT2D eigenvalue weighted by Gasteiger charge is 1.99. The average molecular weight is 477 g/mol. The standard InChI is InChI=1S/C22H22O4S.C6H6O/c23-21(13-11-19-7-3-1-4-8-19)25-15-17-27-18-16-26-22(24)14-12-20-9-5-2-6-10-20;7-6-4-2-1-3-5-6/h1-14H,15-18H2;1-5,7H. The summed E-state index contributed by atoms with van der Waals surface area (Å²) in [5, 5.41) is 8.63. The number of thioether (sulfide) groups is 1. The summed E-state index contributed by atoms with van der Waals surface area (Å²) in [5.41, 5.74) is 1.90. The van der Waals surface area contributed by atoms with Gasteiger partial charge in [-0.05, 0) is 35.4 Å². The van der Waals surface area contributed by atoms with E-state index in [4.69, 9.17) is 14.6 Å². The van der Waals surface area contributed by atoms with Crippen LogP contribution in [0.1, 0.15) is 11.1 Å². The first-order valence-corrected chi connectivity index (χ1v) is 11.9. The van der Waals surface area contributed by atoms with Crippen LogP contribution in [0.4, 0.5) is 0 Å². The summed E-state index contributed by atoms with van der Waals surface area (Å²) >= 11 is 1.56. The lowest BCUT2D eigenvalue weighted by molar-refractivity contribution is -0.137. The van der Waals surface area contributed by atoms with Gasteiger partial charge < -0.3 is 14.6 Å². The lowest BCUT2D eigenvalue weighted by atomic mass is 10.2. The third-order valence-corrected chi connectivity index (χ3v) is 5.03. The Morgan fingerprint density at radius 2 is 1.03 bits per heavy atom. The summed E-state index contributed by atoms with van der Waals surface area (Å²) in [6, 6.07) is 27.8. The molecular formula is C28H28O5S. The van der Waals surface area contributed by atoms with Crippen molar-refractivity contribution in [1.29, 1.82) is 0 Å². The number of carbonyl (C=O) groups excluding carboxylic acids is 2. The second-order valence-corrected chi connectivity index (χ2v) is 8.00. The molecule has 0 amide bonds. The minimum absolute atomic E-state index is 0.322. The normalized spacial score (nSPS) is 10.5. The van der Waals surface area contributed by atoms with Crippen LogP contribution in [0.3, 0.4) is 0 Å².